The molecule has 0 bridgehead atoms. The van der Waals surface area contributed by atoms with E-state index < -0.39 is 6.16 Å². The molecule has 1 aromatic carbocycles. The van der Waals surface area contributed by atoms with Crippen LogP contribution in [0.5, 0.6) is 0 Å². The van der Waals surface area contributed by atoms with Crippen LogP contribution in [0.15, 0.2) is 30.8 Å². The van der Waals surface area contributed by atoms with Crippen LogP contribution in [0.3, 0.4) is 0 Å². The molecule has 0 aliphatic rings. The van der Waals surface area contributed by atoms with E-state index in [4.69, 9.17) is 15.0 Å². The second kappa shape index (κ2) is 6.71. The predicted molar refractivity (Wildman–Crippen MR) is 51.3 cm³/mol. The summed E-state index contributed by atoms with van der Waals surface area (Å²) in [6.45, 7) is 5.89. The number of hydrogen-bond acceptors (Lipinski definition) is 3. The highest BCUT2D eigenvalue weighted by Gasteiger charge is 1.91. The third-order valence-corrected chi connectivity index (χ3v) is 1.66. The quantitative estimate of drug-likeness (QED) is 0.683. The molecule has 0 aromatic heterocycles. The van der Waals surface area contributed by atoms with E-state index in [2.05, 4.69) is 31.7 Å². The van der Waals surface area contributed by atoms with Crippen LogP contribution in [0.4, 0.5) is 4.79 Å². The summed E-state index contributed by atoms with van der Waals surface area (Å²) in [4.78, 5) is 8.33. The second-order valence-corrected chi connectivity index (χ2v) is 2.51. The Kier molecular flexibility index (Phi) is 5.87. The Labute approximate surface area is 83.3 Å². The van der Waals surface area contributed by atoms with Crippen molar-refractivity contribution in [1.29, 1.82) is 0 Å². The maximum absolute atomic E-state index is 8.33. The van der Waals surface area contributed by atoms with Gasteiger partial charge < -0.3 is 15.0 Å². The maximum atomic E-state index is 8.33. The molecule has 0 unspecified atom stereocenters. The van der Waals surface area contributed by atoms with E-state index in [1.54, 1.807) is 0 Å². The van der Waals surface area contributed by atoms with Gasteiger partial charge in [0.05, 0.1) is 0 Å². The van der Waals surface area contributed by atoms with Crippen LogP contribution in [0.1, 0.15) is 18.1 Å². The van der Waals surface area contributed by atoms with Crippen molar-refractivity contribution in [3.63, 3.8) is 0 Å². The lowest BCUT2D eigenvalue weighted by atomic mass is 10.1. The smallest absolute Gasteiger partial charge is 0.0231 e. The first kappa shape index (κ1) is 12.2. The van der Waals surface area contributed by atoms with Gasteiger partial charge in [-0.2, -0.15) is 0 Å². The van der Waals surface area contributed by atoms with Gasteiger partial charge in [0.2, 0.25) is 0 Å². The highest BCUT2D eigenvalue weighted by molar-refractivity contribution is 5.51. The van der Waals surface area contributed by atoms with Crippen molar-refractivity contribution in [2.45, 2.75) is 13.3 Å². The van der Waals surface area contributed by atoms with Gasteiger partial charge >= 0.3 is 0 Å². The summed E-state index contributed by atoms with van der Waals surface area (Å²) in [7, 11) is 0. The number of aryl methyl sites for hydroxylation is 1. The summed E-state index contributed by atoms with van der Waals surface area (Å²) >= 11 is 0. The minimum atomic E-state index is -2.33. The Morgan fingerprint density at radius 2 is 1.93 bits per heavy atom. The topological polar surface area (TPSA) is 63.2 Å². The molecule has 1 rings (SSSR count). The summed E-state index contributed by atoms with van der Waals surface area (Å²) in [5.74, 6) is 0. The van der Waals surface area contributed by atoms with Gasteiger partial charge in [-0.05, 0) is 23.7 Å². The van der Waals surface area contributed by atoms with Crippen LogP contribution in [0, 0.1) is 0 Å². The van der Waals surface area contributed by atoms with Gasteiger partial charge in [-0.25, -0.2) is 0 Å². The Bertz CT molecular complexity index is 301. The van der Waals surface area contributed by atoms with Crippen LogP contribution >= 0.6 is 0 Å². The number of hydrogen-bond donors (Lipinski definition) is 0. The van der Waals surface area contributed by atoms with Gasteiger partial charge in [0.25, 0.3) is 0 Å². The molecule has 0 N–H and O–H groups in total. The normalized spacial score (nSPS) is 8.36. The number of carboxylic acid groups (broad SMARTS) is 2. The Morgan fingerprint density at radius 1 is 1.43 bits per heavy atom. The van der Waals surface area contributed by atoms with Crippen molar-refractivity contribution in [2.24, 2.45) is 0 Å². The van der Waals surface area contributed by atoms with Gasteiger partial charge in [0.15, 0.2) is 0 Å². The van der Waals surface area contributed by atoms with Gasteiger partial charge in [-0.1, -0.05) is 43.8 Å². The van der Waals surface area contributed by atoms with Crippen molar-refractivity contribution in [3.8, 4) is 0 Å². The van der Waals surface area contributed by atoms with Crippen LogP contribution in [-0.4, -0.2) is 6.16 Å². The summed E-state index contributed by atoms with van der Waals surface area (Å²) < 4.78 is 0. The Morgan fingerprint density at radius 3 is 2.29 bits per heavy atom. The molecule has 3 nitrogen and oxygen atoms in total. The monoisotopic (exact) mass is 192 g/mol. The molecule has 0 saturated heterocycles. The number of carbonyl (C=O) groups excluding carboxylic acids is 1. The SMILES string of the molecule is C=Cc1ccccc1CC.O=C([O-])[O-]. The van der Waals surface area contributed by atoms with Crippen molar-refractivity contribution < 1.29 is 15.0 Å². The van der Waals surface area contributed by atoms with E-state index in [9.17, 15) is 0 Å². The average Bonchev–Trinajstić information content (AvgIpc) is 2.17. The number of rotatable bonds is 2. The summed E-state index contributed by atoms with van der Waals surface area (Å²) in [6.07, 6.45) is 0.654. The van der Waals surface area contributed by atoms with Crippen LogP contribution < -0.4 is 10.2 Å². The molecule has 76 valence electrons. The third-order valence-electron chi connectivity index (χ3n) is 1.66. The predicted octanol–water partition coefficient (Wildman–Crippen LogP) is 0.445. The molecule has 0 spiro atoms. The van der Waals surface area contributed by atoms with Crippen LogP contribution in [-0.2, 0) is 6.42 Å². The molecule has 14 heavy (non-hydrogen) atoms. The molecule has 0 radical (unpaired) electrons. The van der Waals surface area contributed by atoms with Crippen LogP contribution in [0.25, 0.3) is 6.08 Å². The number of benzene rings is 1. The molecule has 0 aliphatic heterocycles. The Balaban J connectivity index is 0.000000364. The highest BCUT2D eigenvalue weighted by Crippen LogP contribution is 2.09. The lowest BCUT2D eigenvalue weighted by molar-refractivity contribution is -0.415. The standard InChI is InChI=1S/C10H12.CH2O3/c1-3-9-7-5-6-8-10(9)4-2;2-1(3)4/h3,5-8H,1,4H2,2H3;(H2,2,3,4)/p-2. The molecular formula is C11H12O3-2. The first-order chi connectivity index (χ1) is 6.61. The van der Waals surface area contributed by atoms with Gasteiger partial charge in [-0.15, -0.1) is 0 Å². The molecule has 1 aromatic rings. The van der Waals surface area contributed by atoms with Crippen molar-refractivity contribution in [3.05, 3.63) is 42.0 Å². The summed E-state index contributed by atoms with van der Waals surface area (Å²) in [5, 5.41) is 16.7. The lowest BCUT2D eigenvalue weighted by Gasteiger charge is -1.99. The summed E-state index contributed by atoms with van der Waals surface area (Å²) in [5.41, 5.74) is 2.63. The van der Waals surface area contributed by atoms with Crippen molar-refractivity contribution in [2.75, 3.05) is 0 Å². The largest absolute Gasteiger partial charge is 0.652 e. The van der Waals surface area contributed by atoms with Crippen LogP contribution in [0.2, 0.25) is 0 Å². The molecular weight excluding hydrogens is 180 g/mol. The summed E-state index contributed by atoms with van der Waals surface area (Å²) in [6, 6.07) is 8.32. The highest BCUT2D eigenvalue weighted by atomic mass is 16.6. The van der Waals surface area contributed by atoms with Crippen molar-refractivity contribution >= 4 is 12.2 Å². The minimum Gasteiger partial charge on any atom is -0.652 e. The van der Waals surface area contributed by atoms with E-state index in [0.29, 0.717) is 0 Å². The van der Waals surface area contributed by atoms with E-state index in [1.165, 1.54) is 11.1 Å². The molecule has 3 heteroatoms. The van der Waals surface area contributed by atoms with E-state index in [1.807, 2.05) is 12.1 Å². The van der Waals surface area contributed by atoms with Gasteiger partial charge in [0, 0.05) is 0 Å². The molecule has 0 saturated carbocycles. The third kappa shape index (κ3) is 4.98. The van der Waals surface area contributed by atoms with E-state index in [0.717, 1.165) is 6.42 Å². The fourth-order valence-corrected chi connectivity index (χ4v) is 1.06. The lowest BCUT2D eigenvalue weighted by Crippen LogP contribution is -2.37. The number of carbonyl (C=O) groups is 1. The zero-order valence-corrected chi connectivity index (χ0v) is 8.03. The van der Waals surface area contributed by atoms with Gasteiger partial charge in [0.1, 0.15) is 0 Å². The van der Waals surface area contributed by atoms with E-state index >= 15 is 0 Å². The first-order valence-corrected chi connectivity index (χ1v) is 4.20. The molecule has 0 aliphatic carbocycles. The maximum Gasteiger partial charge on any atom is -0.0231 e. The zero-order valence-electron chi connectivity index (χ0n) is 8.03. The zero-order chi connectivity index (χ0) is 11.0. The molecule has 0 heterocycles. The minimum absolute atomic E-state index is 1.09. The van der Waals surface area contributed by atoms with Gasteiger partial charge in [-0.3, -0.25) is 0 Å². The molecule has 0 atom stereocenters. The first-order valence-electron chi connectivity index (χ1n) is 4.20. The Hall–Kier alpha value is -1.77. The second-order valence-electron chi connectivity index (χ2n) is 2.51. The molecule has 0 amide bonds. The van der Waals surface area contributed by atoms with Crippen molar-refractivity contribution in [1.82, 2.24) is 0 Å². The van der Waals surface area contributed by atoms with E-state index in [-0.39, 0.29) is 0 Å². The average molecular weight is 192 g/mol. The molecule has 0 fully saturated rings. The fourth-order valence-electron chi connectivity index (χ4n) is 1.06. The fraction of sp³-hybridized carbons (Fsp3) is 0.182.